The predicted molar refractivity (Wildman–Crippen MR) is 50.2 cm³/mol. The van der Waals surface area contributed by atoms with Crippen LogP contribution in [0, 0.1) is 6.92 Å². The van der Waals surface area contributed by atoms with E-state index in [0.29, 0.717) is 0 Å². The largest absolute Gasteiger partial charge is 0.411 e. The zero-order valence-corrected chi connectivity index (χ0v) is 8.00. The van der Waals surface area contributed by atoms with E-state index in [1.54, 1.807) is 23.1 Å². The first-order valence-electron chi connectivity index (χ1n) is 3.09. The van der Waals surface area contributed by atoms with Crippen LogP contribution < -0.4 is 0 Å². The Bertz CT molecular complexity index is 267. The molecule has 11 heavy (non-hydrogen) atoms. The van der Waals surface area contributed by atoms with Crippen LogP contribution in [-0.4, -0.2) is 17.7 Å². The smallest absolute Gasteiger partial charge is 0.0753 e. The Morgan fingerprint density at radius 2 is 2.45 bits per heavy atom. The van der Waals surface area contributed by atoms with E-state index in [1.165, 1.54) is 15.3 Å². The molecule has 0 radical (unpaired) electrons. The SMILES string of the molecule is CSc1sc(C)cc1C=NO. The number of nitrogens with zero attached hydrogens (tertiary/aromatic N) is 1. The number of rotatable bonds is 2. The van der Waals surface area contributed by atoms with Crippen LogP contribution in [0.25, 0.3) is 0 Å². The molecular formula is C7H9NOS2. The van der Waals surface area contributed by atoms with Crippen LogP contribution in [0.1, 0.15) is 10.4 Å². The zero-order valence-electron chi connectivity index (χ0n) is 6.37. The fourth-order valence-corrected chi connectivity index (χ4v) is 2.61. The number of thiophene rings is 1. The maximum Gasteiger partial charge on any atom is 0.0753 e. The van der Waals surface area contributed by atoms with Gasteiger partial charge in [0.05, 0.1) is 10.4 Å². The van der Waals surface area contributed by atoms with Gasteiger partial charge in [0.15, 0.2) is 0 Å². The Morgan fingerprint density at radius 3 is 3.00 bits per heavy atom. The molecule has 4 heteroatoms. The molecule has 0 aliphatic carbocycles. The monoisotopic (exact) mass is 187 g/mol. The van der Waals surface area contributed by atoms with Crippen molar-refractivity contribution in [3.8, 4) is 0 Å². The third kappa shape index (κ3) is 1.97. The quantitative estimate of drug-likeness (QED) is 0.334. The van der Waals surface area contributed by atoms with Gasteiger partial charge in [-0.2, -0.15) is 0 Å². The third-order valence-electron chi connectivity index (χ3n) is 1.23. The number of oxime groups is 1. The van der Waals surface area contributed by atoms with Crippen LogP contribution in [-0.2, 0) is 0 Å². The van der Waals surface area contributed by atoms with E-state index in [1.807, 2.05) is 19.2 Å². The Hall–Kier alpha value is -0.480. The highest BCUT2D eigenvalue weighted by atomic mass is 32.2. The fraction of sp³-hybridized carbons (Fsp3) is 0.286. The molecule has 1 N–H and O–H groups in total. The molecule has 0 aromatic carbocycles. The minimum atomic E-state index is 1.00. The highest BCUT2D eigenvalue weighted by molar-refractivity contribution is 8.00. The Labute approximate surface area is 73.9 Å². The maximum atomic E-state index is 8.31. The summed E-state index contributed by atoms with van der Waals surface area (Å²) in [4.78, 5) is 1.24. The molecule has 0 amide bonds. The summed E-state index contributed by atoms with van der Waals surface area (Å²) in [5.74, 6) is 0. The second kappa shape index (κ2) is 3.78. The van der Waals surface area contributed by atoms with Crippen molar-refractivity contribution in [3.63, 3.8) is 0 Å². The van der Waals surface area contributed by atoms with Crippen molar-refractivity contribution in [2.75, 3.05) is 6.26 Å². The lowest BCUT2D eigenvalue weighted by Gasteiger charge is -1.88. The van der Waals surface area contributed by atoms with E-state index in [2.05, 4.69) is 5.16 Å². The molecule has 1 aromatic rings. The molecule has 0 atom stereocenters. The van der Waals surface area contributed by atoms with Crippen molar-refractivity contribution in [3.05, 3.63) is 16.5 Å². The molecule has 0 aliphatic heterocycles. The lowest BCUT2D eigenvalue weighted by atomic mass is 10.3. The van der Waals surface area contributed by atoms with E-state index in [4.69, 9.17) is 5.21 Å². The molecule has 1 rings (SSSR count). The van der Waals surface area contributed by atoms with Gasteiger partial charge in [0.25, 0.3) is 0 Å². The van der Waals surface area contributed by atoms with Crippen LogP contribution >= 0.6 is 23.1 Å². The van der Waals surface area contributed by atoms with Crippen LogP contribution in [0.3, 0.4) is 0 Å². The molecule has 0 aliphatic rings. The third-order valence-corrected chi connectivity index (χ3v) is 3.45. The first kappa shape index (κ1) is 8.62. The molecule has 0 fully saturated rings. The van der Waals surface area contributed by atoms with Crippen LogP contribution in [0.15, 0.2) is 15.4 Å². The number of aryl methyl sites for hydroxylation is 1. The summed E-state index contributed by atoms with van der Waals surface area (Å²) in [7, 11) is 0. The van der Waals surface area contributed by atoms with Crippen molar-refractivity contribution in [1.82, 2.24) is 0 Å². The molecule has 1 heterocycles. The van der Waals surface area contributed by atoms with Gasteiger partial charge < -0.3 is 5.21 Å². The summed E-state index contributed by atoms with van der Waals surface area (Å²) in [6.45, 7) is 2.04. The van der Waals surface area contributed by atoms with Gasteiger partial charge >= 0.3 is 0 Å². The van der Waals surface area contributed by atoms with Gasteiger partial charge in [0.2, 0.25) is 0 Å². The van der Waals surface area contributed by atoms with Gasteiger partial charge in [-0.25, -0.2) is 0 Å². The predicted octanol–water partition coefficient (Wildman–Crippen LogP) is 2.59. The summed E-state index contributed by atoms with van der Waals surface area (Å²) in [5.41, 5.74) is 1.00. The van der Waals surface area contributed by atoms with Gasteiger partial charge in [-0.05, 0) is 19.2 Å². The van der Waals surface area contributed by atoms with E-state index in [9.17, 15) is 0 Å². The summed E-state index contributed by atoms with van der Waals surface area (Å²) in [6, 6.07) is 2.01. The number of hydrogen-bond donors (Lipinski definition) is 1. The van der Waals surface area contributed by atoms with Crippen molar-refractivity contribution in [2.24, 2.45) is 5.16 Å². The lowest BCUT2D eigenvalue weighted by molar-refractivity contribution is 0.322. The first-order valence-corrected chi connectivity index (χ1v) is 5.14. The summed E-state index contributed by atoms with van der Waals surface area (Å²) in [6.07, 6.45) is 3.48. The van der Waals surface area contributed by atoms with Crippen molar-refractivity contribution in [2.45, 2.75) is 11.1 Å². The van der Waals surface area contributed by atoms with Crippen LogP contribution in [0.5, 0.6) is 0 Å². The first-order chi connectivity index (χ1) is 5.27. The van der Waals surface area contributed by atoms with Gasteiger partial charge in [-0.1, -0.05) is 5.16 Å². The van der Waals surface area contributed by atoms with Crippen LogP contribution in [0.2, 0.25) is 0 Å². The van der Waals surface area contributed by atoms with E-state index < -0.39 is 0 Å². The Kier molecular flexibility index (Phi) is 2.96. The van der Waals surface area contributed by atoms with Crippen molar-refractivity contribution < 1.29 is 5.21 Å². The molecule has 0 saturated carbocycles. The molecule has 0 unspecified atom stereocenters. The summed E-state index contributed by atoms with van der Waals surface area (Å²) in [5, 5.41) is 11.3. The fourth-order valence-electron chi connectivity index (χ4n) is 0.824. The summed E-state index contributed by atoms with van der Waals surface area (Å²) < 4.78 is 1.19. The average Bonchev–Trinajstić information content (AvgIpc) is 2.32. The van der Waals surface area contributed by atoms with Gasteiger partial charge in [-0.3, -0.25) is 0 Å². The van der Waals surface area contributed by atoms with E-state index >= 15 is 0 Å². The van der Waals surface area contributed by atoms with Crippen molar-refractivity contribution in [1.29, 1.82) is 0 Å². The standard InChI is InChI=1S/C7H9NOS2/c1-5-3-6(4-8-9)7(10-2)11-5/h3-4,9H,1-2H3. The van der Waals surface area contributed by atoms with Gasteiger partial charge in [-0.15, -0.1) is 23.1 Å². The molecule has 2 nitrogen and oxygen atoms in total. The lowest BCUT2D eigenvalue weighted by Crippen LogP contribution is -1.76. The van der Waals surface area contributed by atoms with Gasteiger partial charge in [0, 0.05) is 10.4 Å². The normalized spacial score (nSPS) is 11.1. The number of thioether (sulfide) groups is 1. The Morgan fingerprint density at radius 1 is 1.73 bits per heavy atom. The molecule has 0 saturated heterocycles. The Balaban J connectivity index is 3.01. The minimum absolute atomic E-state index is 1.00. The van der Waals surface area contributed by atoms with Gasteiger partial charge in [0.1, 0.15) is 0 Å². The second-order valence-electron chi connectivity index (χ2n) is 2.05. The molecule has 0 bridgehead atoms. The number of hydrogen-bond acceptors (Lipinski definition) is 4. The minimum Gasteiger partial charge on any atom is -0.411 e. The zero-order chi connectivity index (χ0) is 8.27. The summed E-state index contributed by atoms with van der Waals surface area (Å²) >= 11 is 3.39. The second-order valence-corrected chi connectivity index (χ2v) is 4.38. The maximum absolute atomic E-state index is 8.31. The topological polar surface area (TPSA) is 32.6 Å². The van der Waals surface area contributed by atoms with E-state index in [0.717, 1.165) is 5.56 Å². The molecule has 60 valence electrons. The molecule has 1 aromatic heterocycles. The molecular weight excluding hydrogens is 178 g/mol. The van der Waals surface area contributed by atoms with Crippen molar-refractivity contribution >= 4 is 29.3 Å². The van der Waals surface area contributed by atoms with Crippen LogP contribution in [0.4, 0.5) is 0 Å². The average molecular weight is 187 g/mol. The highest BCUT2D eigenvalue weighted by Crippen LogP contribution is 2.28. The highest BCUT2D eigenvalue weighted by Gasteiger charge is 2.02. The van der Waals surface area contributed by atoms with E-state index in [-0.39, 0.29) is 0 Å². The molecule has 0 spiro atoms.